The second kappa shape index (κ2) is 8.65. The third-order valence-corrected chi connectivity index (χ3v) is 6.29. The fourth-order valence-electron chi connectivity index (χ4n) is 4.48. The number of nitrogens with zero attached hydrogens (tertiary/aromatic N) is 2. The van der Waals surface area contributed by atoms with E-state index in [-0.39, 0.29) is 17.9 Å². The number of halogens is 1. The number of carbonyl (C=O) groups is 2. The molecule has 2 aromatic rings. The summed E-state index contributed by atoms with van der Waals surface area (Å²) >= 11 is 6.04. The molecular formula is C25H27ClN2O2. The average Bonchev–Trinajstić information content (AvgIpc) is 3.00. The molecule has 0 bridgehead atoms. The summed E-state index contributed by atoms with van der Waals surface area (Å²) in [5.41, 5.74) is 3.17. The zero-order valence-electron chi connectivity index (χ0n) is 17.5. The van der Waals surface area contributed by atoms with Gasteiger partial charge in [0.05, 0.1) is 5.57 Å². The van der Waals surface area contributed by atoms with Crippen molar-refractivity contribution in [3.8, 4) is 0 Å². The SMILES string of the molecule is CC(C)N1C(=O)C(c2ccc(Cl)cc2)=C(N2CCC(Cc3ccccc3)CC2)C1=O. The Morgan fingerprint density at radius 2 is 1.57 bits per heavy atom. The number of imide groups is 1. The number of likely N-dealkylation sites (tertiary alicyclic amines) is 1. The first-order chi connectivity index (χ1) is 14.5. The van der Waals surface area contributed by atoms with Crippen molar-refractivity contribution in [2.45, 2.75) is 39.2 Å². The van der Waals surface area contributed by atoms with Gasteiger partial charge in [-0.3, -0.25) is 14.5 Å². The van der Waals surface area contributed by atoms with Crippen LogP contribution in [0.15, 0.2) is 60.3 Å². The molecule has 4 rings (SSSR count). The zero-order valence-corrected chi connectivity index (χ0v) is 18.2. The molecule has 2 amide bonds. The first-order valence-electron chi connectivity index (χ1n) is 10.6. The van der Waals surface area contributed by atoms with Gasteiger partial charge in [-0.1, -0.05) is 54.1 Å². The lowest BCUT2D eigenvalue weighted by Crippen LogP contribution is -2.41. The van der Waals surface area contributed by atoms with E-state index < -0.39 is 0 Å². The molecule has 30 heavy (non-hydrogen) atoms. The van der Waals surface area contributed by atoms with Gasteiger partial charge in [0.2, 0.25) is 0 Å². The Morgan fingerprint density at radius 3 is 2.17 bits per heavy atom. The topological polar surface area (TPSA) is 40.6 Å². The summed E-state index contributed by atoms with van der Waals surface area (Å²) in [5, 5.41) is 0.611. The maximum atomic E-state index is 13.3. The van der Waals surface area contributed by atoms with Gasteiger partial charge in [-0.05, 0) is 62.3 Å². The maximum Gasteiger partial charge on any atom is 0.278 e. The number of benzene rings is 2. The van der Waals surface area contributed by atoms with Crippen LogP contribution in [0.25, 0.3) is 5.57 Å². The second-order valence-electron chi connectivity index (χ2n) is 8.42. The molecule has 1 fully saturated rings. The molecular weight excluding hydrogens is 396 g/mol. The van der Waals surface area contributed by atoms with Gasteiger partial charge in [-0.2, -0.15) is 0 Å². The fraction of sp³-hybridized carbons (Fsp3) is 0.360. The van der Waals surface area contributed by atoms with Gasteiger partial charge in [-0.25, -0.2) is 0 Å². The van der Waals surface area contributed by atoms with Crippen LogP contribution in [0.2, 0.25) is 5.02 Å². The van der Waals surface area contributed by atoms with E-state index in [0.717, 1.165) is 37.9 Å². The van der Waals surface area contributed by atoms with Gasteiger partial charge < -0.3 is 4.90 Å². The minimum absolute atomic E-state index is 0.179. The Balaban J connectivity index is 1.58. The smallest absolute Gasteiger partial charge is 0.278 e. The van der Waals surface area contributed by atoms with Gasteiger partial charge >= 0.3 is 0 Å². The number of hydrogen-bond acceptors (Lipinski definition) is 3. The molecule has 1 saturated heterocycles. The first kappa shape index (κ1) is 20.7. The molecule has 0 unspecified atom stereocenters. The van der Waals surface area contributed by atoms with Crippen molar-refractivity contribution in [3.63, 3.8) is 0 Å². The third-order valence-electron chi connectivity index (χ3n) is 6.04. The van der Waals surface area contributed by atoms with Crippen molar-refractivity contribution in [2.24, 2.45) is 5.92 Å². The van der Waals surface area contributed by atoms with Crippen molar-refractivity contribution in [1.82, 2.24) is 9.80 Å². The average molecular weight is 423 g/mol. The van der Waals surface area contributed by atoms with E-state index in [9.17, 15) is 9.59 Å². The summed E-state index contributed by atoms with van der Waals surface area (Å²) in [6.45, 7) is 5.33. The minimum Gasteiger partial charge on any atom is -0.366 e. The molecule has 2 heterocycles. The molecule has 0 spiro atoms. The third kappa shape index (κ3) is 4.01. The summed E-state index contributed by atoms with van der Waals surface area (Å²) in [4.78, 5) is 30.0. The molecule has 0 atom stereocenters. The van der Waals surface area contributed by atoms with Crippen LogP contribution in [0.3, 0.4) is 0 Å². The predicted molar refractivity (Wildman–Crippen MR) is 120 cm³/mol. The summed E-state index contributed by atoms with van der Waals surface area (Å²) in [7, 11) is 0. The molecule has 4 nitrogen and oxygen atoms in total. The van der Waals surface area contributed by atoms with Gasteiger partial charge in [-0.15, -0.1) is 0 Å². The minimum atomic E-state index is -0.210. The monoisotopic (exact) mass is 422 g/mol. The van der Waals surface area contributed by atoms with Crippen molar-refractivity contribution < 1.29 is 9.59 Å². The van der Waals surface area contributed by atoms with E-state index in [2.05, 4.69) is 29.2 Å². The van der Waals surface area contributed by atoms with Gasteiger partial charge in [0.1, 0.15) is 5.70 Å². The van der Waals surface area contributed by atoms with Crippen LogP contribution >= 0.6 is 11.6 Å². The molecule has 0 N–H and O–H groups in total. The van der Waals surface area contributed by atoms with Crippen LogP contribution in [-0.2, 0) is 16.0 Å². The fourth-order valence-corrected chi connectivity index (χ4v) is 4.61. The first-order valence-corrected chi connectivity index (χ1v) is 11.0. The number of rotatable bonds is 5. The van der Waals surface area contributed by atoms with Crippen molar-refractivity contribution >= 4 is 29.0 Å². The van der Waals surface area contributed by atoms with E-state index in [1.165, 1.54) is 10.5 Å². The molecule has 2 aliphatic heterocycles. The standard InChI is InChI=1S/C25H27ClN2O2/c1-17(2)28-24(29)22(20-8-10-21(26)11-9-20)23(25(28)30)27-14-12-19(13-15-27)16-18-6-4-3-5-7-18/h3-11,17,19H,12-16H2,1-2H3. The van der Waals surface area contributed by atoms with Crippen LogP contribution in [0.4, 0.5) is 0 Å². The van der Waals surface area contributed by atoms with Crippen LogP contribution in [0.5, 0.6) is 0 Å². The highest BCUT2D eigenvalue weighted by atomic mass is 35.5. The zero-order chi connectivity index (χ0) is 21.3. The summed E-state index contributed by atoms with van der Waals surface area (Å²) < 4.78 is 0. The van der Waals surface area contributed by atoms with E-state index in [1.54, 1.807) is 12.1 Å². The Kier molecular flexibility index (Phi) is 5.96. The predicted octanol–water partition coefficient (Wildman–Crippen LogP) is 4.78. The highest BCUT2D eigenvalue weighted by Crippen LogP contribution is 2.35. The largest absolute Gasteiger partial charge is 0.366 e. The second-order valence-corrected chi connectivity index (χ2v) is 8.86. The lowest BCUT2D eigenvalue weighted by atomic mass is 9.89. The highest BCUT2D eigenvalue weighted by Gasteiger charge is 2.43. The molecule has 156 valence electrons. The lowest BCUT2D eigenvalue weighted by Gasteiger charge is -2.34. The molecule has 0 saturated carbocycles. The van der Waals surface area contributed by atoms with E-state index >= 15 is 0 Å². The molecule has 5 heteroatoms. The summed E-state index contributed by atoms with van der Waals surface area (Å²) in [6, 6.07) is 17.6. The Labute approximate surface area is 183 Å². The van der Waals surface area contributed by atoms with Crippen LogP contribution in [-0.4, -0.2) is 40.7 Å². The van der Waals surface area contributed by atoms with Crippen LogP contribution < -0.4 is 0 Å². The van der Waals surface area contributed by atoms with E-state index in [0.29, 0.717) is 22.2 Å². The van der Waals surface area contributed by atoms with E-state index in [1.807, 2.05) is 32.0 Å². The van der Waals surface area contributed by atoms with Crippen LogP contribution in [0.1, 0.15) is 37.8 Å². The van der Waals surface area contributed by atoms with Gasteiger partial charge in [0.25, 0.3) is 11.8 Å². The number of hydrogen-bond donors (Lipinski definition) is 0. The maximum absolute atomic E-state index is 13.3. The lowest BCUT2D eigenvalue weighted by molar-refractivity contribution is -0.139. The Bertz CT molecular complexity index is 958. The molecule has 2 aliphatic rings. The molecule has 0 aliphatic carbocycles. The highest BCUT2D eigenvalue weighted by molar-refractivity contribution is 6.36. The van der Waals surface area contributed by atoms with Gasteiger partial charge in [0.15, 0.2) is 0 Å². The van der Waals surface area contributed by atoms with Crippen LogP contribution in [0, 0.1) is 5.92 Å². The molecule has 0 aromatic heterocycles. The van der Waals surface area contributed by atoms with E-state index in [4.69, 9.17) is 11.6 Å². The molecule has 2 aromatic carbocycles. The van der Waals surface area contributed by atoms with Crippen molar-refractivity contribution in [3.05, 3.63) is 76.4 Å². The number of amides is 2. The van der Waals surface area contributed by atoms with Gasteiger partial charge in [0, 0.05) is 24.2 Å². The Hall–Kier alpha value is -2.59. The number of carbonyl (C=O) groups excluding carboxylic acids is 2. The van der Waals surface area contributed by atoms with Crippen molar-refractivity contribution in [2.75, 3.05) is 13.1 Å². The number of piperidine rings is 1. The quantitative estimate of drug-likeness (QED) is 0.651. The Morgan fingerprint density at radius 1 is 0.933 bits per heavy atom. The molecule has 0 radical (unpaired) electrons. The van der Waals surface area contributed by atoms with Crippen molar-refractivity contribution in [1.29, 1.82) is 0 Å². The normalized spacial score (nSPS) is 18.1. The summed E-state index contributed by atoms with van der Waals surface area (Å²) in [5.74, 6) is 0.205. The summed E-state index contributed by atoms with van der Waals surface area (Å²) in [6.07, 6.45) is 3.08.